The van der Waals surface area contributed by atoms with Crippen molar-refractivity contribution >= 4 is 29.9 Å². The van der Waals surface area contributed by atoms with Crippen LogP contribution in [0.15, 0.2) is 41.5 Å². The molecule has 0 spiro atoms. The van der Waals surface area contributed by atoms with Gasteiger partial charge < -0.3 is 24.8 Å². The van der Waals surface area contributed by atoms with Crippen LogP contribution in [0, 0.1) is 0 Å². The lowest BCUT2D eigenvalue weighted by Gasteiger charge is -2.17. The van der Waals surface area contributed by atoms with Crippen molar-refractivity contribution in [2.24, 2.45) is 4.99 Å². The maximum Gasteiger partial charge on any atom is 0.218 e. The maximum atomic E-state index is 6.12. The van der Waals surface area contributed by atoms with E-state index in [-0.39, 0.29) is 30.1 Å². The summed E-state index contributed by atoms with van der Waals surface area (Å²) in [5, 5.41) is 6.70. The first kappa shape index (κ1) is 25.0. The van der Waals surface area contributed by atoms with Crippen molar-refractivity contribution in [3.8, 4) is 17.4 Å². The molecule has 1 aliphatic carbocycles. The third-order valence-corrected chi connectivity index (χ3v) is 5.25. The first-order chi connectivity index (χ1) is 14.7. The number of aromatic nitrogens is 1. The van der Waals surface area contributed by atoms with Gasteiger partial charge in [-0.1, -0.05) is 12.1 Å². The Balaban J connectivity index is 0.00000341. The van der Waals surface area contributed by atoms with Crippen LogP contribution in [0.25, 0.3) is 0 Å². The fraction of sp³-hybridized carbons (Fsp3) is 0.478. The molecule has 1 aromatic heterocycles. The van der Waals surface area contributed by atoms with Crippen molar-refractivity contribution < 1.29 is 14.2 Å². The Labute approximate surface area is 202 Å². The van der Waals surface area contributed by atoms with E-state index in [0.717, 1.165) is 60.3 Å². The second kappa shape index (κ2) is 13.2. The van der Waals surface area contributed by atoms with Crippen molar-refractivity contribution in [2.45, 2.75) is 44.8 Å². The van der Waals surface area contributed by atoms with Gasteiger partial charge in [-0.3, -0.25) is 4.99 Å². The van der Waals surface area contributed by atoms with E-state index in [4.69, 9.17) is 14.2 Å². The zero-order chi connectivity index (χ0) is 21.2. The van der Waals surface area contributed by atoms with Gasteiger partial charge in [0, 0.05) is 31.9 Å². The van der Waals surface area contributed by atoms with Crippen LogP contribution in [0.4, 0.5) is 0 Å². The van der Waals surface area contributed by atoms with Crippen LogP contribution in [0.2, 0.25) is 0 Å². The quantitative estimate of drug-likeness (QED) is 0.285. The molecular formula is C23H33IN4O3. The number of halogens is 1. The molecule has 1 heterocycles. The molecular weight excluding hydrogens is 507 g/mol. The van der Waals surface area contributed by atoms with E-state index in [9.17, 15) is 0 Å². The minimum absolute atomic E-state index is 0. The first-order valence-electron chi connectivity index (χ1n) is 10.5. The second-order valence-electron chi connectivity index (χ2n) is 7.28. The zero-order valence-corrected chi connectivity index (χ0v) is 20.8. The number of rotatable bonds is 9. The summed E-state index contributed by atoms with van der Waals surface area (Å²) < 4.78 is 16.8. The van der Waals surface area contributed by atoms with Crippen LogP contribution >= 0.6 is 24.0 Å². The summed E-state index contributed by atoms with van der Waals surface area (Å²) in [6, 6.07) is 9.95. The van der Waals surface area contributed by atoms with E-state index in [1.165, 1.54) is 12.8 Å². The monoisotopic (exact) mass is 540 g/mol. The van der Waals surface area contributed by atoms with Crippen LogP contribution < -0.4 is 24.8 Å². The molecule has 0 aliphatic heterocycles. The lowest BCUT2D eigenvalue weighted by molar-refractivity contribution is 0.199. The fourth-order valence-corrected chi connectivity index (χ4v) is 3.59. The number of hydrogen-bond donors (Lipinski definition) is 2. The topological polar surface area (TPSA) is 77.0 Å². The Morgan fingerprint density at radius 1 is 1.10 bits per heavy atom. The summed E-state index contributed by atoms with van der Waals surface area (Å²) in [7, 11) is 5.06. The van der Waals surface area contributed by atoms with Gasteiger partial charge in [0.25, 0.3) is 0 Å². The summed E-state index contributed by atoms with van der Waals surface area (Å²) in [6.45, 7) is 1.35. The van der Waals surface area contributed by atoms with Gasteiger partial charge >= 0.3 is 0 Å². The van der Waals surface area contributed by atoms with Gasteiger partial charge in [-0.05, 0) is 55.9 Å². The molecule has 8 heteroatoms. The molecule has 0 atom stereocenters. The number of aliphatic imine (C=N–C) groups is 1. The number of benzene rings is 1. The number of hydrogen-bond acceptors (Lipinski definition) is 5. The molecule has 170 valence electrons. The molecule has 1 aromatic carbocycles. The second-order valence-corrected chi connectivity index (χ2v) is 7.28. The van der Waals surface area contributed by atoms with Crippen molar-refractivity contribution in [3.63, 3.8) is 0 Å². The van der Waals surface area contributed by atoms with Crippen LogP contribution in [0.5, 0.6) is 17.4 Å². The summed E-state index contributed by atoms with van der Waals surface area (Å²) in [5.74, 6) is 2.94. The molecule has 1 saturated carbocycles. The molecule has 1 fully saturated rings. The van der Waals surface area contributed by atoms with E-state index in [2.05, 4.69) is 20.6 Å². The van der Waals surface area contributed by atoms with E-state index >= 15 is 0 Å². The van der Waals surface area contributed by atoms with Gasteiger partial charge in [0.2, 0.25) is 5.88 Å². The van der Waals surface area contributed by atoms with E-state index in [1.807, 2.05) is 30.3 Å². The van der Waals surface area contributed by atoms with Crippen LogP contribution in [0.1, 0.15) is 36.8 Å². The largest absolute Gasteiger partial charge is 0.493 e. The summed E-state index contributed by atoms with van der Waals surface area (Å²) >= 11 is 0. The Hall–Kier alpha value is -2.23. The third-order valence-electron chi connectivity index (χ3n) is 5.25. The van der Waals surface area contributed by atoms with Gasteiger partial charge in [-0.25, -0.2) is 4.98 Å². The SMILES string of the molecule is CN=C(NCCc1ccc(OC)c(OC)c1)NCc1cccnc1OC1CCCC1.I. The third kappa shape index (κ3) is 7.45. The van der Waals surface area contributed by atoms with Crippen LogP contribution in [0.3, 0.4) is 0 Å². The van der Waals surface area contributed by atoms with E-state index in [0.29, 0.717) is 6.54 Å². The summed E-state index contributed by atoms with van der Waals surface area (Å²) in [5.41, 5.74) is 2.20. The number of methoxy groups -OCH3 is 2. The number of pyridine rings is 1. The molecule has 0 unspecified atom stereocenters. The summed E-state index contributed by atoms with van der Waals surface area (Å²) in [6.07, 6.45) is 7.61. The molecule has 2 N–H and O–H groups in total. The number of guanidine groups is 1. The van der Waals surface area contributed by atoms with Crippen molar-refractivity contribution in [3.05, 3.63) is 47.7 Å². The Morgan fingerprint density at radius 2 is 1.87 bits per heavy atom. The summed E-state index contributed by atoms with van der Waals surface area (Å²) in [4.78, 5) is 8.75. The minimum atomic E-state index is 0. The highest BCUT2D eigenvalue weighted by molar-refractivity contribution is 14.0. The highest BCUT2D eigenvalue weighted by Gasteiger charge is 2.18. The Kier molecular flexibility index (Phi) is 10.7. The van der Waals surface area contributed by atoms with Gasteiger partial charge in [0.15, 0.2) is 17.5 Å². The molecule has 0 bridgehead atoms. The minimum Gasteiger partial charge on any atom is -0.493 e. The molecule has 2 aromatic rings. The van der Waals surface area contributed by atoms with Crippen LogP contribution in [-0.2, 0) is 13.0 Å². The molecule has 0 radical (unpaired) electrons. The molecule has 0 saturated heterocycles. The van der Waals surface area contributed by atoms with Crippen molar-refractivity contribution in [1.82, 2.24) is 15.6 Å². The molecule has 3 rings (SSSR count). The highest BCUT2D eigenvalue weighted by Crippen LogP contribution is 2.27. The average molecular weight is 540 g/mol. The maximum absolute atomic E-state index is 6.12. The van der Waals surface area contributed by atoms with Crippen molar-refractivity contribution in [2.75, 3.05) is 27.8 Å². The predicted octanol–water partition coefficient (Wildman–Crippen LogP) is 3.95. The standard InChI is InChI=1S/C23H32N4O3.HI/c1-24-23(26-14-12-17-10-11-20(28-2)21(15-17)29-3)27-16-18-7-6-13-25-22(18)30-19-8-4-5-9-19;/h6-7,10-11,13,15,19H,4-5,8-9,12,14,16H2,1-3H3,(H2,24,26,27);1H. The van der Waals surface area contributed by atoms with E-state index in [1.54, 1.807) is 27.5 Å². The number of nitrogens with one attached hydrogen (secondary N) is 2. The normalized spacial score (nSPS) is 14.0. The smallest absolute Gasteiger partial charge is 0.218 e. The lowest BCUT2D eigenvalue weighted by Crippen LogP contribution is -2.38. The molecule has 0 amide bonds. The first-order valence-corrected chi connectivity index (χ1v) is 10.5. The van der Waals surface area contributed by atoms with Crippen molar-refractivity contribution in [1.29, 1.82) is 0 Å². The molecule has 1 aliphatic rings. The van der Waals surface area contributed by atoms with Gasteiger partial charge in [-0.15, -0.1) is 24.0 Å². The Bertz CT molecular complexity index is 841. The van der Waals surface area contributed by atoms with Gasteiger partial charge in [0.1, 0.15) is 6.10 Å². The van der Waals surface area contributed by atoms with Gasteiger partial charge in [-0.2, -0.15) is 0 Å². The Morgan fingerprint density at radius 3 is 2.58 bits per heavy atom. The zero-order valence-electron chi connectivity index (χ0n) is 18.5. The van der Waals surface area contributed by atoms with E-state index < -0.39 is 0 Å². The lowest BCUT2D eigenvalue weighted by atomic mass is 10.1. The highest BCUT2D eigenvalue weighted by atomic mass is 127. The molecule has 7 nitrogen and oxygen atoms in total. The molecule has 31 heavy (non-hydrogen) atoms. The number of ether oxygens (including phenoxy) is 3. The number of nitrogens with zero attached hydrogens (tertiary/aromatic N) is 2. The fourth-order valence-electron chi connectivity index (χ4n) is 3.59. The predicted molar refractivity (Wildman–Crippen MR) is 134 cm³/mol. The van der Waals surface area contributed by atoms with Gasteiger partial charge in [0.05, 0.1) is 14.2 Å². The average Bonchev–Trinajstić information content (AvgIpc) is 3.30. The van der Waals surface area contributed by atoms with Crippen LogP contribution in [-0.4, -0.2) is 44.9 Å².